The second-order valence-electron chi connectivity index (χ2n) is 1.49. The molecule has 0 fully saturated rings. The van der Waals surface area contributed by atoms with Crippen molar-refractivity contribution in [3.05, 3.63) is 7.05 Å². The fourth-order valence-electron chi connectivity index (χ4n) is 0. The first-order chi connectivity index (χ1) is 4.15. The Hall–Kier alpha value is 0.517. The van der Waals surface area contributed by atoms with Crippen LogP contribution in [0.4, 0.5) is 0 Å². The monoisotopic (exact) mass is 140 g/mol. The summed E-state index contributed by atoms with van der Waals surface area (Å²) < 4.78 is 0. The number of hydrogen-bond acceptors (Lipinski definition) is 2. The van der Waals surface area contributed by atoms with Gasteiger partial charge in [0, 0.05) is 0 Å². The molecule has 0 aromatic rings. The maximum atomic E-state index is 4.85. The van der Waals surface area contributed by atoms with Crippen LogP contribution in [0.5, 0.6) is 0 Å². The molecule has 0 aliphatic carbocycles. The molecule has 0 aromatic carbocycles. The maximum absolute atomic E-state index is 4.85. The van der Waals surface area contributed by atoms with Gasteiger partial charge in [0.05, 0.1) is 0 Å². The standard InChI is InChI=1S/C3H8N.C2H7N.C2H6.Li/c1-4(2)3;1-2-3;1-2;/h1H2,2-3H3;2-3H2,1H3;1-2H3;/q-1;;;+1. The third kappa shape index (κ3) is 1800. The summed E-state index contributed by atoms with van der Waals surface area (Å²) in [4.78, 5) is 1.75. The number of hydrogen-bond donors (Lipinski definition) is 1. The second-order valence-corrected chi connectivity index (χ2v) is 1.49. The molecule has 10 heavy (non-hydrogen) atoms. The van der Waals surface area contributed by atoms with Crippen molar-refractivity contribution >= 4 is 0 Å². The average Bonchev–Trinajstić information content (AvgIpc) is 1.71. The van der Waals surface area contributed by atoms with Gasteiger partial charge in [-0.3, -0.25) is 7.05 Å². The van der Waals surface area contributed by atoms with E-state index in [9.17, 15) is 0 Å². The zero-order chi connectivity index (χ0) is 8.28. The molecule has 0 aromatic heterocycles. The van der Waals surface area contributed by atoms with Crippen molar-refractivity contribution in [3.63, 3.8) is 0 Å². The van der Waals surface area contributed by atoms with E-state index in [-0.39, 0.29) is 18.9 Å². The van der Waals surface area contributed by atoms with E-state index in [4.69, 9.17) is 5.73 Å². The molecule has 0 aliphatic heterocycles. The molecule has 2 N–H and O–H groups in total. The SMILES string of the molecule is CC.CCN.[CH2-]N(C)C.[Li+]. The Morgan fingerprint density at radius 3 is 1.30 bits per heavy atom. The third-order valence-electron chi connectivity index (χ3n) is 0. The van der Waals surface area contributed by atoms with E-state index in [1.54, 1.807) is 4.90 Å². The largest absolute Gasteiger partial charge is 1.00 e. The van der Waals surface area contributed by atoms with E-state index < -0.39 is 0 Å². The van der Waals surface area contributed by atoms with Crippen LogP contribution in [0.3, 0.4) is 0 Å². The Kier molecular flexibility index (Phi) is 75.9. The Balaban J connectivity index is -0.0000000273. The minimum absolute atomic E-state index is 0. The van der Waals surface area contributed by atoms with Crippen LogP contribution in [-0.4, -0.2) is 25.5 Å². The zero-order valence-electron chi connectivity index (χ0n) is 8.44. The quantitative estimate of drug-likeness (QED) is 0.322. The van der Waals surface area contributed by atoms with Crippen molar-refractivity contribution in [2.45, 2.75) is 20.8 Å². The van der Waals surface area contributed by atoms with E-state index in [0.717, 1.165) is 6.54 Å². The van der Waals surface area contributed by atoms with Crippen molar-refractivity contribution in [2.75, 3.05) is 20.6 Å². The number of rotatable bonds is 0. The Morgan fingerprint density at radius 1 is 1.30 bits per heavy atom. The molecule has 0 atom stereocenters. The van der Waals surface area contributed by atoms with E-state index in [0.29, 0.717) is 0 Å². The predicted molar refractivity (Wildman–Crippen MR) is 45.1 cm³/mol. The van der Waals surface area contributed by atoms with Crippen LogP contribution in [0.25, 0.3) is 0 Å². The van der Waals surface area contributed by atoms with E-state index in [2.05, 4.69) is 7.05 Å². The van der Waals surface area contributed by atoms with Crippen molar-refractivity contribution in [1.29, 1.82) is 0 Å². The molecule has 60 valence electrons. The molecular formula is C7H21LiN2. The van der Waals surface area contributed by atoms with Crippen LogP contribution in [-0.2, 0) is 0 Å². The van der Waals surface area contributed by atoms with Gasteiger partial charge in [-0.1, -0.05) is 20.8 Å². The minimum atomic E-state index is 0. The molecule has 0 bridgehead atoms. The molecule has 0 saturated carbocycles. The molecule has 0 amide bonds. The molecule has 0 spiro atoms. The fraction of sp³-hybridized carbons (Fsp3) is 0.857. The fourth-order valence-corrected chi connectivity index (χ4v) is 0. The van der Waals surface area contributed by atoms with E-state index in [1.165, 1.54) is 0 Å². The van der Waals surface area contributed by atoms with Gasteiger partial charge in [-0.25, -0.2) is 0 Å². The second kappa shape index (κ2) is 33.8. The van der Waals surface area contributed by atoms with Gasteiger partial charge in [-0.05, 0) is 20.6 Å². The summed E-state index contributed by atoms with van der Waals surface area (Å²) in [5.41, 5.74) is 4.85. The van der Waals surface area contributed by atoms with Crippen LogP contribution >= 0.6 is 0 Å². The van der Waals surface area contributed by atoms with Gasteiger partial charge in [-0.15, -0.1) is 0 Å². The van der Waals surface area contributed by atoms with Crippen molar-refractivity contribution in [1.82, 2.24) is 4.90 Å². The van der Waals surface area contributed by atoms with Crippen LogP contribution < -0.4 is 24.6 Å². The summed E-state index contributed by atoms with van der Waals surface area (Å²) in [6.45, 7) is 6.65. The van der Waals surface area contributed by atoms with Crippen LogP contribution in [0.15, 0.2) is 0 Å². The van der Waals surface area contributed by atoms with Gasteiger partial charge in [0.15, 0.2) is 0 Å². The first-order valence-corrected chi connectivity index (χ1v) is 3.33. The Bertz CT molecular complexity index is 22.8. The van der Waals surface area contributed by atoms with Crippen LogP contribution in [0, 0.1) is 7.05 Å². The Morgan fingerprint density at radius 2 is 1.30 bits per heavy atom. The van der Waals surface area contributed by atoms with Crippen molar-refractivity contribution in [3.8, 4) is 0 Å². The Labute approximate surface area is 78.3 Å². The first kappa shape index (κ1) is 22.4. The molecular weight excluding hydrogens is 119 g/mol. The normalized spacial score (nSPS) is 6.00. The van der Waals surface area contributed by atoms with Gasteiger partial charge in [0.25, 0.3) is 0 Å². The summed E-state index contributed by atoms with van der Waals surface area (Å²) in [5, 5.41) is 0. The molecule has 0 radical (unpaired) electrons. The molecule has 3 heteroatoms. The molecule has 2 nitrogen and oxygen atoms in total. The smallest absolute Gasteiger partial charge is 0.464 e. The van der Waals surface area contributed by atoms with Gasteiger partial charge in [0.1, 0.15) is 0 Å². The molecule has 0 heterocycles. The summed E-state index contributed by atoms with van der Waals surface area (Å²) in [6, 6.07) is 0. The summed E-state index contributed by atoms with van der Waals surface area (Å²) in [7, 11) is 7.25. The minimum Gasteiger partial charge on any atom is -0.464 e. The topological polar surface area (TPSA) is 29.3 Å². The molecule has 0 saturated heterocycles. The summed E-state index contributed by atoms with van der Waals surface area (Å²) in [5.74, 6) is 0. The number of nitrogens with zero attached hydrogens (tertiary/aromatic N) is 1. The van der Waals surface area contributed by atoms with Gasteiger partial charge in [0.2, 0.25) is 0 Å². The van der Waals surface area contributed by atoms with Gasteiger partial charge >= 0.3 is 18.9 Å². The summed E-state index contributed by atoms with van der Waals surface area (Å²) >= 11 is 0. The third-order valence-corrected chi connectivity index (χ3v) is 0. The van der Waals surface area contributed by atoms with Crippen molar-refractivity contribution < 1.29 is 18.9 Å². The molecule has 0 aliphatic rings. The maximum Gasteiger partial charge on any atom is 1.00 e. The molecule has 0 rings (SSSR count). The van der Waals surface area contributed by atoms with Crippen LogP contribution in [0.1, 0.15) is 20.8 Å². The van der Waals surface area contributed by atoms with E-state index in [1.807, 2.05) is 34.9 Å². The first-order valence-electron chi connectivity index (χ1n) is 3.33. The number of nitrogens with two attached hydrogens (primary N) is 1. The van der Waals surface area contributed by atoms with Crippen molar-refractivity contribution in [2.24, 2.45) is 5.73 Å². The molecule has 0 unspecified atom stereocenters. The summed E-state index contributed by atoms with van der Waals surface area (Å²) in [6.07, 6.45) is 0. The van der Waals surface area contributed by atoms with Gasteiger partial charge in [-0.2, -0.15) is 0 Å². The van der Waals surface area contributed by atoms with E-state index >= 15 is 0 Å². The van der Waals surface area contributed by atoms with Gasteiger partial charge < -0.3 is 10.6 Å². The predicted octanol–water partition coefficient (Wildman–Crippen LogP) is -1.67. The van der Waals surface area contributed by atoms with Crippen LogP contribution in [0.2, 0.25) is 0 Å². The zero-order valence-corrected chi connectivity index (χ0v) is 8.44. The average molecular weight is 140 g/mol.